The summed E-state index contributed by atoms with van der Waals surface area (Å²) in [5.41, 5.74) is -3.03. The fraction of sp³-hybridized carbons (Fsp3) is 0.576. The van der Waals surface area contributed by atoms with Crippen LogP contribution in [0.1, 0.15) is 65.4 Å². The Bertz CT molecular complexity index is 1330. The zero-order chi connectivity index (χ0) is 31.0. The number of esters is 4. The van der Waals surface area contributed by atoms with E-state index in [0.717, 1.165) is 17.6 Å². The van der Waals surface area contributed by atoms with E-state index >= 15 is 0 Å². The van der Waals surface area contributed by atoms with Gasteiger partial charge in [-0.05, 0) is 55.7 Å². The Morgan fingerprint density at radius 3 is 2.40 bits per heavy atom. The molecular weight excluding hydrogens is 556 g/mol. The normalized spacial score (nSPS) is 36.4. The summed E-state index contributed by atoms with van der Waals surface area (Å²) in [6.07, 6.45) is 4.73. The molecule has 0 aromatic heterocycles. The van der Waals surface area contributed by atoms with Gasteiger partial charge in [0.25, 0.3) is 0 Å². The van der Waals surface area contributed by atoms with E-state index in [1.807, 2.05) is 37.3 Å². The molecule has 7 atom stereocenters. The molecule has 10 heteroatoms. The number of ether oxygens (including phenoxy) is 5. The van der Waals surface area contributed by atoms with E-state index in [2.05, 4.69) is 0 Å². The summed E-state index contributed by atoms with van der Waals surface area (Å²) in [5.74, 6) is -2.66. The molecule has 3 fully saturated rings. The Morgan fingerprint density at radius 1 is 1.07 bits per heavy atom. The summed E-state index contributed by atoms with van der Waals surface area (Å²) in [7, 11) is 0. The van der Waals surface area contributed by atoms with E-state index in [0.29, 0.717) is 32.3 Å². The lowest BCUT2D eigenvalue weighted by molar-refractivity contribution is -0.311. The molecule has 2 saturated carbocycles. The minimum atomic E-state index is -1.70. The molecule has 2 aliphatic carbocycles. The van der Waals surface area contributed by atoms with Crippen LogP contribution in [0.4, 0.5) is 0 Å². The molecule has 0 bridgehead atoms. The highest BCUT2D eigenvalue weighted by Gasteiger charge is 2.80. The van der Waals surface area contributed by atoms with Gasteiger partial charge in [-0.2, -0.15) is 0 Å². The van der Waals surface area contributed by atoms with Gasteiger partial charge in [-0.25, -0.2) is 9.59 Å². The first-order valence-corrected chi connectivity index (χ1v) is 14.8. The Morgan fingerprint density at radius 2 is 1.79 bits per heavy atom. The van der Waals surface area contributed by atoms with Gasteiger partial charge >= 0.3 is 23.9 Å². The Kier molecular flexibility index (Phi) is 8.30. The molecule has 5 rings (SSSR count). The average molecular weight is 597 g/mol. The van der Waals surface area contributed by atoms with Gasteiger partial charge in [-0.15, -0.1) is 0 Å². The topological polar surface area (TPSA) is 138 Å². The second-order valence-electron chi connectivity index (χ2n) is 12.7. The van der Waals surface area contributed by atoms with Crippen LogP contribution in [0.5, 0.6) is 0 Å². The minimum Gasteiger partial charge on any atom is -0.465 e. The number of benzene rings is 1. The highest BCUT2D eigenvalue weighted by Crippen LogP contribution is 2.70. The zero-order valence-electron chi connectivity index (χ0n) is 25.1. The van der Waals surface area contributed by atoms with Gasteiger partial charge in [0.1, 0.15) is 24.4 Å². The molecule has 1 aromatic carbocycles. The molecule has 1 aromatic rings. The molecule has 232 valence electrons. The number of cyclic esters (lactones) is 1. The molecule has 1 saturated heterocycles. The van der Waals surface area contributed by atoms with E-state index in [1.54, 1.807) is 13.0 Å². The maximum atomic E-state index is 13.5. The van der Waals surface area contributed by atoms with E-state index in [9.17, 15) is 24.3 Å². The average Bonchev–Trinajstić information content (AvgIpc) is 3.62. The van der Waals surface area contributed by atoms with Crippen LogP contribution in [0, 0.1) is 16.7 Å². The number of rotatable bonds is 9. The van der Waals surface area contributed by atoms with Crippen molar-refractivity contribution in [3.63, 3.8) is 0 Å². The van der Waals surface area contributed by atoms with E-state index in [4.69, 9.17) is 23.7 Å². The standard InChI is InChI=1S/C33H40O10/c1-21(34)40-20-33-25(11-8-15-32(33)19-41-32)30(3,16-14-24-17-27(37)39-18-24)31(4,38)28(42-22(2)35)29(33)43-26(36)13-12-23-9-6-5-7-10-23/h5-7,9-10,12-13,17,25,28-29,38H,8,11,14-16,18-20H2,1-4H3/b13-12+/t25-,28?,29?,30-,31+,32+,33+/m1/s1. The van der Waals surface area contributed by atoms with Crippen molar-refractivity contribution in [3.8, 4) is 0 Å². The second kappa shape index (κ2) is 11.5. The van der Waals surface area contributed by atoms with Crippen molar-refractivity contribution in [2.75, 3.05) is 19.8 Å². The summed E-state index contributed by atoms with van der Waals surface area (Å²) in [6, 6.07) is 9.24. The predicted molar refractivity (Wildman–Crippen MR) is 153 cm³/mol. The second-order valence-corrected chi connectivity index (χ2v) is 12.7. The van der Waals surface area contributed by atoms with E-state index in [-0.39, 0.29) is 19.1 Å². The fourth-order valence-corrected chi connectivity index (χ4v) is 7.84. The van der Waals surface area contributed by atoms with Crippen LogP contribution in [0.15, 0.2) is 48.1 Å². The lowest BCUT2D eigenvalue weighted by atomic mass is 9.41. The largest absolute Gasteiger partial charge is 0.465 e. The molecular formula is C33H40O10. The van der Waals surface area contributed by atoms with Crippen LogP contribution in [-0.4, -0.2) is 72.2 Å². The maximum Gasteiger partial charge on any atom is 0.331 e. The van der Waals surface area contributed by atoms with Crippen molar-refractivity contribution < 1.29 is 48.0 Å². The van der Waals surface area contributed by atoms with Crippen LogP contribution < -0.4 is 0 Å². The number of epoxide rings is 1. The molecule has 10 nitrogen and oxygen atoms in total. The number of hydrogen-bond acceptors (Lipinski definition) is 10. The molecule has 43 heavy (non-hydrogen) atoms. The molecule has 0 amide bonds. The molecule has 0 radical (unpaired) electrons. The fourth-order valence-electron chi connectivity index (χ4n) is 7.84. The number of hydrogen-bond donors (Lipinski definition) is 1. The Labute approximate surface area is 251 Å². The van der Waals surface area contributed by atoms with Crippen molar-refractivity contribution >= 4 is 30.0 Å². The Hall–Kier alpha value is -3.50. The third kappa shape index (κ3) is 5.51. The van der Waals surface area contributed by atoms with E-state index in [1.165, 1.54) is 26.0 Å². The third-order valence-electron chi connectivity index (χ3n) is 10.2. The lowest BCUT2D eigenvalue weighted by Gasteiger charge is -2.67. The van der Waals surface area contributed by atoms with Crippen LogP contribution in [-0.2, 0) is 42.9 Å². The van der Waals surface area contributed by atoms with Gasteiger partial charge in [0.2, 0.25) is 0 Å². The summed E-state index contributed by atoms with van der Waals surface area (Å²) in [5, 5.41) is 12.5. The van der Waals surface area contributed by atoms with Gasteiger partial charge in [-0.1, -0.05) is 43.7 Å². The lowest BCUT2D eigenvalue weighted by Crippen LogP contribution is -2.77. The number of carbonyl (C=O) groups is 4. The predicted octanol–water partition coefficient (Wildman–Crippen LogP) is 3.70. The van der Waals surface area contributed by atoms with Gasteiger partial charge < -0.3 is 28.8 Å². The first-order valence-electron chi connectivity index (χ1n) is 14.8. The number of fused-ring (bicyclic) bond motifs is 2. The van der Waals surface area contributed by atoms with Crippen molar-refractivity contribution in [2.24, 2.45) is 16.7 Å². The number of carbonyl (C=O) groups excluding carboxylic acids is 4. The molecule has 4 aliphatic rings. The summed E-state index contributed by atoms with van der Waals surface area (Å²) < 4.78 is 29.1. The molecule has 2 aliphatic heterocycles. The Balaban J connectivity index is 1.62. The molecule has 2 unspecified atom stereocenters. The monoisotopic (exact) mass is 596 g/mol. The first-order chi connectivity index (χ1) is 20.3. The van der Waals surface area contributed by atoms with Crippen molar-refractivity contribution in [1.82, 2.24) is 0 Å². The number of aliphatic hydroxyl groups is 1. The zero-order valence-corrected chi connectivity index (χ0v) is 25.1. The van der Waals surface area contributed by atoms with Crippen molar-refractivity contribution in [3.05, 3.63) is 53.6 Å². The van der Waals surface area contributed by atoms with Crippen molar-refractivity contribution in [2.45, 2.75) is 83.2 Å². The van der Waals surface area contributed by atoms with Crippen LogP contribution in [0.3, 0.4) is 0 Å². The maximum absolute atomic E-state index is 13.5. The van der Waals surface area contributed by atoms with E-state index < -0.39 is 58.1 Å². The van der Waals surface area contributed by atoms with Gasteiger partial charge in [-0.3, -0.25) is 9.59 Å². The molecule has 1 N–H and O–H groups in total. The van der Waals surface area contributed by atoms with Crippen LogP contribution in [0.25, 0.3) is 6.08 Å². The quantitative estimate of drug-likeness (QED) is 0.194. The molecule has 1 spiro atoms. The first kappa shape index (κ1) is 30.9. The smallest absolute Gasteiger partial charge is 0.331 e. The van der Waals surface area contributed by atoms with Gasteiger partial charge in [0, 0.05) is 31.4 Å². The van der Waals surface area contributed by atoms with Crippen LogP contribution >= 0.6 is 0 Å². The minimum absolute atomic E-state index is 0.152. The van der Waals surface area contributed by atoms with Crippen LogP contribution in [0.2, 0.25) is 0 Å². The van der Waals surface area contributed by atoms with Gasteiger partial charge in [0.15, 0.2) is 12.2 Å². The highest BCUT2D eigenvalue weighted by atomic mass is 16.6. The SMILES string of the molecule is CC(=O)OC[C@@]12C(OC(=O)/C=C/c3ccccc3)C(OC(C)=O)[C@](C)(O)[C@](C)(CCC3=CC(=O)OC3)[C@H]1CCC[C@]21CO1. The third-order valence-corrected chi connectivity index (χ3v) is 10.2. The summed E-state index contributed by atoms with van der Waals surface area (Å²) in [4.78, 5) is 50.1. The summed E-state index contributed by atoms with van der Waals surface area (Å²) >= 11 is 0. The highest BCUT2D eigenvalue weighted by molar-refractivity contribution is 5.87. The van der Waals surface area contributed by atoms with Crippen molar-refractivity contribution in [1.29, 1.82) is 0 Å². The summed E-state index contributed by atoms with van der Waals surface area (Å²) in [6.45, 7) is 6.46. The molecule has 2 heterocycles. The van der Waals surface area contributed by atoms with Gasteiger partial charge in [0.05, 0.1) is 12.0 Å².